The van der Waals surface area contributed by atoms with Crippen molar-refractivity contribution in [2.45, 2.75) is 11.8 Å². The summed E-state index contributed by atoms with van der Waals surface area (Å²) in [5, 5.41) is 2.83. The molecule has 1 N–H and O–H groups in total. The molecule has 0 atom stereocenters. The van der Waals surface area contributed by atoms with Gasteiger partial charge in [0.05, 0.1) is 15.6 Å². The molecule has 22 heavy (non-hydrogen) atoms. The first kappa shape index (κ1) is 17.0. The third-order valence-corrected chi connectivity index (χ3v) is 5.35. The molecule has 2 rings (SSSR count). The molecule has 4 nitrogen and oxygen atoms in total. The predicted molar refractivity (Wildman–Crippen MR) is 91.0 cm³/mol. The van der Waals surface area contributed by atoms with Crippen molar-refractivity contribution >= 4 is 49.0 Å². The quantitative estimate of drug-likeness (QED) is 0.845. The van der Waals surface area contributed by atoms with Gasteiger partial charge in [0.2, 0.25) is 5.91 Å². The monoisotopic (exact) mass is 401 g/mol. The minimum absolute atomic E-state index is 0.121. The molecule has 0 fully saturated rings. The van der Waals surface area contributed by atoms with Gasteiger partial charge in [-0.05, 0) is 37.3 Å². The van der Waals surface area contributed by atoms with Gasteiger partial charge in [-0.2, -0.15) is 0 Å². The van der Waals surface area contributed by atoms with Gasteiger partial charge < -0.3 is 5.32 Å². The first-order valence-electron chi connectivity index (χ1n) is 6.32. The minimum atomic E-state index is -3.68. The molecule has 2 aromatic rings. The Bertz CT molecular complexity index is 804. The first-order valence-corrected chi connectivity index (χ1v) is 9.14. The summed E-state index contributed by atoms with van der Waals surface area (Å²) in [6, 6.07) is 11.3. The Morgan fingerprint density at radius 3 is 2.41 bits per heavy atom. The SMILES string of the molecule is Cc1ccc(S(=O)(=O)CC(=O)Nc2ccc(Br)cc2Cl)cc1. The molecule has 116 valence electrons. The van der Waals surface area contributed by atoms with Crippen molar-refractivity contribution in [3.05, 3.63) is 57.5 Å². The number of carbonyl (C=O) groups is 1. The predicted octanol–water partition coefficient (Wildman–Crippen LogP) is 3.82. The summed E-state index contributed by atoms with van der Waals surface area (Å²) >= 11 is 9.24. The molecule has 0 saturated heterocycles. The van der Waals surface area contributed by atoms with Crippen LogP contribution in [0.15, 0.2) is 51.8 Å². The lowest BCUT2D eigenvalue weighted by Gasteiger charge is -2.08. The van der Waals surface area contributed by atoms with Crippen LogP contribution in [0.1, 0.15) is 5.56 Å². The highest BCUT2D eigenvalue weighted by Crippen LogP contribution is 2.25. The molecule has 0 bridgehead atoms. The normalized spacial score (nSPS) is 11.2. The number of carbonyl (C=O) groups excluding carboxylic acids is 1. The topological polar surface area (TPSA) is 63.2 Å². The summed E-state index contributed by atoms with van der Waals surface area (Å²) < 4.78 is 25.1. The molecule has 0 aromatic heterocycles. The molecule has 1 amide bonds. The van der Waals surface area contributed by atoms with Gasteiger partial charge in [-0.15, -0.1) is 0 Å². The van der Waals surface area contributed by atoms with Crippen LogP contribution < -0.4 is 5.32 Å². The molecule has 0 aliphatic heterocycles. The lowest BCUT2D eigenvalue weighted by Crippen LogP contribution is -2.23. The number of halogens is 2. The van der Waals surface area contributed by atoms with Crippen LogP contribution >= 0.6 is 27.5 Å². The average Bonchev–Trinajstić information content (AvgIpc) is 2.42. The zero-order valence-corrected chi connectivity index (χ0v) is 14.8. The number of benzene rings is 2. The van der Waals surface area contributed by atoms with E-state index in [1.165, 1.54) is 12.1 Å². The van der Waals surface area contributed by atoms with E-state index in [1.54, 1.807) is 30.3 Å². The second-order valence-corrected chi connectivity index (χ2v) is 8.06. The Morgan fingerprint density at radius 1 is 1.18 bits per heavy atom. The third kappa shape index (κ3) is 4.32. The smallest absolute Gasteiger partial charge is 0.240 e. The second-order valence-electron chi connectivity index (χ2n) is 4.74. The van der Waals surface area contributed by atoms with E-state index < -0.39 is 21.5 Å². The summed E-state index contributed by atoms with van der Waals surface area (Å²) in [6.07, 6.45) is 0. The van der Waals surface area contributed by atoms with Crippen LogP contribution in [0, 0.1) is 6.92 Å². The fraction of sp³-hybridized carbons (Fsp3) is 0.133. The molecular formula is C15H13BrClNO3S. The van der Waals surface area contributed by atoms with Gasteiger partial charge in [0, 0.05) is 4.47 Å². The minimum Gasteiger partial charge on any atom is -0.324 e. The van der Waals surface area contributed by atoms with E-state index in [0.717, 1.165) is 10.0 Å². The van der Waals surface area contributed by atoms with Crippen LogP contribution in [-0.4, -0.2) is 20.1 Å². The highest BCUT2D eigenvalue weighted by Gasteiger charge is 2.19. The molecule has 7 heteroatoms. The summed E-state index contributed by atoms with van der Waals surface area (Å²) in [5.74, 6) is -1.27. The zero-order valence-electron chi connectivity index (χ0n) is 11.6. The molecule has 0 aliphatic rings. The van der Waals surface area contributed by atoms with Crippen LogP contribution in [0.2, 0.25) is 5.02 Å². The van der Waals surface area contributed by atoms with Gasteiger partial charge in [-0.25, -0.2) is 8.42 Å². The van der Waals surface area contributed by atoms with E-state index in [2.05, 4.69) is 21.2 Å². The fourth-order valence-corrected chi connectivity index (χ4v) is 3.63. The molecule has 0 saturated carbocycles. The van der Waals surface area contributed by atoms with E-state index in [-0.39, 0.29) is 4.90 Å². The summed E-state index contributed by atoms with van der Waals surface area (Å²) in [6.45, 7) is 1.86. The van der Waals surface area contributed by atoms with Crippen LogP contribution in [0.4, 0.5) is 5.69 Å². The molecule has 0 radical (unpaired) electrons. The first-order chi connectivity index (χ1) is 10.3. The Hall–Kier alpha value is -1.37. The lowest BCUT2D eigenvalue weighted by molar-refractivity contribution is -0.113. The maximum Gasteiger partial charge on any atom is 0.240 e. The largest absolute Gasteiger partial charge is 0.324 e. The number of aryl methyl sites for hydroxylation is 1. The highest BCUT2D eigenvalue weighted by atomic mass is 79.9. The maximum atomic E-state index is 12.2. The Balaban J connectivity index is 2.12. The van der Waals surface area contributed by atoms with Crippen LogP contribution in [-0.2, 0) is 14.6 Å². The van der Waals surface area contributed by atoms with Crippen molar-refractivity contribution in [2.24, 2.45) is 0 Å². The van der Waals surface area contributed by atoms with Crippen LogP contribution in [0.25, 0.3) is 0 Å². The number of hydrogen-bond donors (Lipinski definition) is 1. The molecule has 0 heterocycles. The number of sulfone groups is 1. The number of nitrogens with one attached hydrogen (secondary N) is 1. The molecule has 0 spiro atoms. The van der Waals surface area contributed by atoms with Crippen LogP contribution in [0.5, 0.6) is 0 Å². The standard InChI is InChI=1S/C15H13BrClNO3S/c1-10-2-5-12(6-3-10)22(20,21)9-15(19)18-14-7-4-11(16)8-13(14)17/h2-8H,9H2,1H3,(H,18,19). The van der Waals surface area contributed by atoms with E-state index in [0.29, 0.717) is 10.7 Å². The van der Waals surface area contributed by atoms with Crippen molar-refractivity contribution in [1.82, 2.24) is 0 Å². The van der Waals surface area contributed by atoms with E-state index in [1.807, 2.05) is 6.92 Å². The van der Waals surface area contributed by atoms with Crippen molar-refractivity contribution in [3.63, 3.8) is 0 Å². The molecule has 0 unspecified atom stereocenters. The summed E-state index contributed by atoms with van der Waals surface area (Å²) in [4.78, 5) is 12.1. The molecule has 0 aliphatic carbocycles. The lowest BCUT2D eigenvalue weighted by atomic mass is 10.2. The Kier molecular flexibility index (Phi) is 5.26. The van der Waals surface area contributed by atoms with Crippen molar-refractivity contribution in [1.29, 1.82) is 0 Å². The number of rotatable bonds is 4. The van der Waals surface area contributed by atoms with Gasteiger partial charge in [-0.1, -0.05) is 45.2 Å². The van der Waals surface area contributed by atoms with Crippen molar-refractivity contribution in [2.75, 3.05) is 11.1 Å². The molecule has 2 aromatic carbocycles. The molecular weight excluding hydrogens is 390 g/mol. The average molecular weight is 403 g/mol. The van der Waals surface area contributed by atoms with Crippen molar-refractivity contribution in [3.8, 4) is 0 Å². The zero-order chi connectivity index (χ0) is 16.3. The van der Waals surface area contributed by atoms with Gasteiger partial charge in [-0.3, -0.25) is 4.79 Å². The summed E-state index contributed by atoms with van der Waals surface area (Å²) in [7, 11) is -3.68. The van der Waals surface area contributed by atoms with Gasteiger partial charge >= 0.3 is 0 Å². The van der Waals surface area contributed by atoms with E-state index in [9.17, 15) is 13.2 Å². The Morgan fingerprint density at radius 2 is 1.82 bits per heavy atom. The highest BCUT2D eigenvalue weighted by molar-refractivity contribution is 9.10. The Labute approximate surface area is 142 Å². The van der Waals surface area contributed by atoms with E-state index >= 15 is 0 Å². The maximum absolute atomic E-state index is 12.2. The van der Waals surface area contributed by atoms with Gasteiger partial charge in [0.1, 0.15) is 5.75 Å². The fourth-order valence-electron chi connectivity index (χ4n) is 1.78. The summed E-state index contributed by atoms with van der Waals surface area (Å²) in [5.41, 5.74) is 1.32. The van der Waals surface area contributed by atoms with Gasteiger partial charge in [0.25, 0.3) is 0 Å². The number of anilines is 1. The van der Waals surface area contributed by atoms with Crippen LogP contribution in [0.3, 0.4) is 0 Å². The number of hydrogen-bond acceptors (Lipinski definition) is 3. The number of amides is 1. The van der Waals surface area contributed by atoms with Crippen molar-refractivity contribution < 1.29 is 13.2 Å². The second kappa shape index (κ2) is 6.81. The van der Waals surface area contributed by atoms with Gasteiger partial charge in [0.15, 0.2) is 9.84 Å². The van der Waals surface area contributed by atoms with E-state index in [4.69, 9.17) is 11.6 Å². The third-order valence-electron chi connectivity index (χ3n) is 2.91.